The van der Waals surface area contributed by atoms with Gasteiger partial charge in [-0.2, -0.15) is 0 Å². The number of anilines is 1. The van der Waals surface area contributed by atoms with E-state index in [2.05, 4.69) is 10.3 Å². The van der Waals surface area contributed by atoms with E-state index < -0.39 is 0 Å². The number of carbonyl (C=O) groups excluding carboxylic acids is 1. The third-order valence-electron chi connectivity index (χ3n) is 5.63. The number of amides is 2. The number of aromatic nitrogens is 2. The van der Waals surface area contributed by atoms with Crippen molar-refractivity contribution in [1.29, 1.82) is 0 Å². The fourth-order valence-electron chi connectivity index (χ4n) is 4.28. The summed E-state index contributed by atoms with van der Waals surface area (Å²) in [4.78, 5) is 24.3. The predicted molar refractivity (Wildman–Crippen MR) is 114 cm³/mol. The van der Waals surface area contributed by atoms with Crippen molar-refractivity contribution in [2.45, 2.75) is 31.3 Å². The maximum absolute atomic E-state index is 13.0. The largest absolute Gasteiger partial charge is 0.322 e. The lowest BCUT2D eigenvalue weighted by atomic mass is 9.99. The van der Waals surface area contributed by atoms with E-state index in [1.807, 2.05) is 41.4 Å². The van der Waals surface area contributed by atoms with Gasteiger partial charge in [-0.3, -0.25) is 0 Å². The third kappa shape index (κ3) is 3.34. The van der Waals surface area contributed by atoms with Crippen LogP contribution in [0.25, 0.3) is 11.4 Å². The van der Waals surface area contributed by atoms with Gasteiger partial charge in [0.05, 0.1) is 21.8 Å². The van der Waals surface area contributed by atoms with Crippen LogP contribution in [-0.4, -0.2) is 26.9 Å². The van der Waals surface area contributed by atoms with E-state index in [1.54, 1.807) is 18.2 Å². The Kier molecular flexibility index (Phi) is 4.64. The molecular formula is C22H18Cl2N4O. The van der Waals surface area contributed by atoms with Gasteiger partial charge >= 0.3 is 6.03 Å². The number of benzene rings is 2. The summed E-state index contributed by atoms with van der Waals surface area (Å²) < 4.78 is 0. The van der Waals surface area contributed by atoms with Crippen LogP contribution in [0.15, 0.2) is 54.7 Å². The Bertz CT molecular complexity index is 1090. The van der Waals surface area contributed by atoms with E-state index in [1.165, 1.54) is 0 Å². The zero-order valence-electron chi connectivity index (χ0n) is 15.5. The highest BCUT2D eigenvalue weighted by molar-refractivity contribution is 6.42. The summed E-state index contributed by atoms with van der Waals surface area (Å²) in [5.41, 5.74) is 3.72. The number of hydrogen-bond acceptors (Lipinski definition) is 3. The summed E-state index contributed by atoms with van der Waals surface area (Å²) in [5.74, 6) is 0.734. The number of fused-ring (bicyclic) bond motifs is 4. The predicted octanol–water partition coefficient (Wildman–Crippen LogP) is 5.74. The van der Waals surface area contributed by atoms with Gasteiger partial charge in [0.15, 0.2) is 5.82 Å². The molecule has 3 heterocycles. The average molecular weight is 425 g/mol. The highest BCUT2D eigenvalue weighted by Crippen LogP contribution is 2.43. The lowest BCUT2D eigenvalue weighted by molar-refractivity contribution is 0.178. The molecule has 1 fully saturated rings. The van der Waals surface area contributed by atoms with Gasteiger partial charge in [-0.15, -0.1) is 0 Å². The summed E-state index contributed by atoms with van der Waals surface area (Å²) in [6.45, 7) is 0. The Morgan fingerprint density at radius 2 is 1.90 bits per heavy atom. The zero-order chi connectivity index (χ0) is 20.0. The summed E-state index contributed by atoms with van der Waals surface area (Å²) in [7, 11) is 0. The zero-order valence-corrected chi connectivity index (χ0v) is 17.0. The number of rotatable bonds is 2. The molecule has 2 aliphatic heterocycles. The standard InChI is InChI=1S/C22H18Cl2N4O/c23-17-8-6-14(10-18(17)24)26-22(29)28-15-7-9-20(28)16-12-25-21(27-19(16)11-15)13-4-2-1-3-5-13/h1-6,8,10,12,15,20H,7,9,11H2,(H,26,29)/t15-,20+/m1/s1. The van der Waals surface area contributed by atoms with E-state index in [-0.39, 0.29) is 18.1 Å². The Balaban J connectivity index is 1.41. The number of hydrogen-bond donors (Lipinski definition) is 1. The second-order valence-electron chi connectivity index (χ2n) is 7.38. The molecule has 0 saturated carbocycles. The topological polar surface area (TPSA) is 58.1 Å². The Morgan fingerprint density at radius 1 is 1.07 bits per heavy atom. The molecule has 1 saturated heterocycles. The molecular weight excluding hydrogens is 407 g/mol. The summed E-state index contributed by atoms with van der Waals surface area (Å²) in [6.07, 6.45) is 4.50. The first-order chi connectivity index (χ1) is 14.1. The van der Waals surface area contributed by atoms with Gasteiger partial charge in [-0.1, -0.05) is 53.5 Å². The number of nitrogens with zero attached hydrogens (tertiary/aromatic N) is 3. The molecule has 29 heavy (non-hydrogen) atoms. The Labute approximate surface area is 178 Å². The first kappa shape index (κ1) is 18.4. The van der Waals surface area contributed by atoms with Crippen LogP contribution in [0.3, 0.4) is 0 Å². The van der Waals surface area contributed by atoms with E-state index in [9.17, 15) is 4.79 Å². The van der Waals surface area contributed by atoms with Crippen LogP contribution in [0, 0.1) is 0 Å². The summed E-state index contributed by atoms with van der Waals surface area (Å²) >= 11 is 12.0. The summed E-state index contributed by atoms with van der Waals surface area (Å²) in [6, 6.07) is 15.1. The summed E-state index contributed by atoms with van der Waals surface area (Å²) in [5, 5.41) is 3.83. The quantitative estimate of drug-likeness (QED) is 0.569. The van der Waals surface area contributed by atoms with Gasteiger partial charge < -0.3 is 10.2 Å². The molecule has 2 bridgehead atoms. The smallest absolute Gasteiger partial charge is 0.314 e. The second kappa shape index (κ2) is 7.32. The minimum atomic E-state index is -0.131. The molecule has 0 spiro atoms. The molecule has 2 amide bonds. The van der Waals surface area contributed by atoms with E-state index >= 15 is 0 Å². The van der Waals surface area contributed by atoms with E-state index in [4.69, 9.17) is 28.2 Å². The van der Waals surface area contributed by atoms with Crippen molar-refractivity contribution >= 4 is 34.9 Å². The number of urea groups is 1. The third-order valence-corrected chi connectivity index (χ3v) is 6.37. The molecule has 5 rings (SSSR count). The van der Waals surface area contributed by atoms with Crippen molar-refractivity contribution in [1.82, 2.24) is 14.9 Å². The maximum atomic E-state index is 13.0. The second-order valence-corrected chi connectivity index (χ2v) is 8.19. The van der Waals surface area contributed by atoms with Crippen LogP contribution < -0.4 is 5.32 Å². The Hall–Kier alpha value is -2.63. The molecule has 5 nitrogen and oxygen atoms in total. The number of nitrogens with one attached hydrogen (secondary N) is 1. The molecule has 7 heteroatoms. The molecule has 2 aromatic carbocycles. The van der Waals surface area contributed by atoms with Crippen molar-refractivity contribution in [2.24, 2.45) is 0 Å². The first-order valence-electron chi connectivity index (χ1n) is 9.56. The van der Waals surface area contributed by atoms with Crippen molar-refractivity contribution in [3.8, 4) is 11.4 Å². The van der Waals surface area contributed by atoms with Gasteiger partial charge in [0.1, 0.15) is 0 Å². The van der Waals surface area contributed by atoms with Gasteiger partial charge in [-0.25, -0.2) is 14.8 Å². The lowest BCUT2D eigenvalue weighted by Crippen LogP contribution is -2.44. The van der Waals surface area contributed by atoms with Crippen LogP contribution in [0.4, 0.5) is 10.5 Å². The van der Waals surface area contributed by atoms with Crippen molar-refractivity contribution in [3.05, 3.63) is 76.0 Å². The van der Waals surface area contributed by atoms with Crippen LogP contribution >= 0.6 is 23.2 Å². The van der Waals surface area contributed by atoms with Crippen LogP contribution in [-0.2, 0) is 6.42 Å². The van der Waals surface area contributed by atoms with Crippen molar-refractivity contribution < 1.29 is 4.79 Å². The van der Waals surface area contributed by atoms with E-state index in [0.29, 0.717) is 15.7 Å². The SMILES string of the molecule is O=C(Nc1ccc(Cl)c(Cl)c1)N1[C@@H]2CC[C@H]1c1cnc(-c3ccccc3)nc1C2. The minimum absolute atomic E-state index is 0.00338. The Morgan fingerprint density at radius 3 is 2.69 bits per heavy atom. The molecule has 3 aromatic rings. The van der Waals surface area contributed by atoms with Gasteiger partial charge in [-0.05, 0) is 31.0 Å². The maximum Gasteiger partial charge on any atom is 0.322 e. The molecule has 0 unspecified atom stereocenters. The van der Waals surface area contributed by atoms with E-state index in [0.717, 1.165) is 41.9 Å². The first-order valence-corrected chi connectivity index (χ1v) is 10.3. The molecule has 0 radical (unpaired) electrons. The minimum Gasteiger partial charge on any atom is -0.314 e. The van der Waals surface area contributed by atoms with Crippen LogP contribution in [0.2, 0.25) is 10.0 Å². The highest BCUT2D eigenvalue weighted by atomic mass is 35.5. The van der Waals surface area contributed by atoms with Gasteiger partial charge in [0, 0.05) is 35.5 Å². The molecule has 1 aromatic heterocycles. The van der Waals surface area contributed by atoms with Crippen LogP contribution in [0.5, 0.6) is 0 Å². The fourth-order valence-corrected chi connectivity index (χ4v) is 4.57. The monoisotopic (exact) mass is 424 g/mol. The molecule has 146 valence electrons. The molecule has 0 aliphatic carbocycles. The van der Waals surface area contributed by atoms with Gasteiger partial charge in [0.2, 0.25) is 0 Å². The van der Waals surface area contributed by atoms with Crippen LogP contribution in [0.1, 0.15) is 30.1 Å². The highest BCUT2D eigenvalue weighted by Gasteiger charge is 2.43. The average Bonchev–Trinajstić information content (AvgIpc) is 3.06. The normalized spacial score (nSPS) is 19.7. The number of halogens is 2. The van der Waals surface area contributed by atoms with Crippen molar-refractivity contribution in [2.75, 3.05) is 5.32 Å². The lowest BCUT2D eigenvalue weighted by Gasteiger charge is -2.35. The number of carbonyl (C=O) groups is 1. The van der Waals surface area contributed by atoms with Gasteiger partial charge in [0.25, 0.3) is 0 Å². The van der Waals surface area contributed by atoms with Crippen molar-refractivity contribution in [3.63, 3.8) is 0 Å². The fraction of sp³-hybridized carbons (Fsp3) is 0.227. The molecule has 2 atom stereocenters. The molecule has 1 N–H and O–H groups in total. The molecule has 2 aliphatic rings.